The molecule has 1 aliphatic carbocycles. The van der Waals surface area contributed by atoms with Crippen molar-refractivity contribution >= 4 is 0 Å². The van der Waals surface area contributed by atoms with E-state index in [0.717, 1.165) is 32.1 Å². The van der Waals surface area contributed by atoms with Crippen LogP contribution in [-0.2, 0) is 0 Å². The summed E-state index contributed by atoms with van der Waals surface area (Å²) in [7, 11) is 0. The number of ether oxygens (including phenoxy) is 1. The van der Waals surface area contributed by atoms with Gasteiger partial charge in [0.1, 0.15) is 17.0 Å². The molecule has 2 aromatic rings. The molecule has 1 aliphatic heterocycles. The van der Waals surface area contributed by atoms with E-state index in [1.54, 1.807) is 48.0 Å². The summed E-state index contributed by atoms with van der Waals surface area (Å²) in [6.07, 6.45) is 6.29. The monoisotopic (exact) mass is 350 g/mol. The van der Waals surface area contributed by atoms with E-state index < -0.39 is 17.2 Å². The summed E-state index contributed by atoms with van der Waals surface area (Å²) in [5, 5.41) is 21.0. The molecular weight excluding hydrogens is 328 g/mol. The Kier molecular flexibility index (Phi) is 3.89. The fraction of sp³-hybridized carbons (Fsp3) is 0.429. The summed E-state index contributed by atoms with van der Waals surface area (Å²) in [6.45, 7) is 1.77. The summed E-state index contributed by atoms with van der Waals surface area (Å²) in [6, 6.07) is 11.7. The fourth-order valence-electron chi connectivity index (χ4n) is 4.60. The largest absolute Gasteiger partial charge is 0.484 e. The van der Waals surface area contributed by atoms with Crippen LogP contribution in [0, 0.1) is 11.3 Å². The molecule has 1 aromatic heterocycles. The van der Waals surface area contributed by atoms with Gasteiger partial charge in [0.25, 0.3) is 5.56 Å². The number of nitriles is 1. The number of hydrogen-bond acceptors (Lipinski definition) is 4. The molecule has 1 fully saturated rings. The van der Waals surface area contributed by atoms with Crippen LogP contribution in [0.1, 0.15) is 56.2 Å². The zero-order valence-corrected chi connectivity index (χ0v) is 14.8. The standard InChI is InChI=1S/C21H22N2O3/c1-20(25)19(23-12-6-3-7-18(23)24)16-13-15(14-22)8-9-17(16)26-21(20)10-4-2-5-11-21/h3,6-9,12-13,19,25H,2,4-5,10-11H2,1H3. The number of aliphatic hydroxyl groups is 1. The zero-order chi connectivity index (χ0) is 18.4. The van der Waals surface area contributed by atoms with Crippen molar-refractivity contribution in [1.29, 1.82) is 5.26 Å². The predicted molar refractivity (Wildman–Crippen MR) is 97.1 cm³/mol. The normalized spacial score (nSPS) is 26.6. The first-order valence-corrected chi connectivity index (χ1v) is 9.11. The highest BCUT2D eigenvalue weighted by molar-refractivity contribution is 5.48. The first kappa shape index (κ1) is 16.9. The van der Waals surface area contributed by atoms with Gasteiger partial charge in [-0.05, 0) is 56.9 Å². The molecule has 1 saturated carbocycles. The van der Waals surface area contributed by atoms with Gasteiger partial charge >= 0.3 is 0 Å². The second kappa shape index (κ2) is 6.00. The van der Waals surface area contributed by atoms with Crippen LogP contribution >= 0.6 is 0 Å². The van der Waals surface area contributed by atoms with E-state index in [1.165, 1.54) is 6.07 Å². The van der Waals surface area contributed by atoms with Crippen molar-refractivity contribution in [3.8, 4) is 11.8 Å². The number of aromatic nitrogens is 1. The Morgan fingerprint density at radius 2 is 2.00 bits per heavy atom. The number of nitrogens with zero attached hydrogens (tertiary/aromatic N) is 2. The van der Waals surface area contributed by atoms with Crippen molar-refractivity contribution in [3.05, 3.63) is 64.1 Å². The Labute approximate surface area is 152 Å². The van der Waals surface area contributed by atoms with E-state index in [0.29, 0.717) is 16.9 Å². The Morgan fingerprint density at radius 3 is 2.69 bits per heavy atom. The molecule has 2 unspecified atom stereocenters. The highest BCUT2D eigenvalue weighted by atomic mass is 16.5. The van der Waals surface area contributed by atoms with Gasteiger partial charge in [-0.2, -0.15) is 5.26 Å². The van der Waals surface area contributed by atoms with Crippen LogP contribution in [-0.4, -0.2) is 20.9 Å². The van der Waals surface area contributed by atoms with Crippen molar-refractivity contribution < 1.29 is 9.84 Å². The molecule has 1 aromatic carbocycles. The van der Waals surface area contributed by atoms with Crippen LogP contribution in [0.25, 0.3) is 0 Å². The molecule has 4 rings (SSSR count). The predicted octanol–water partition coefficient (Wildman–Crippen LogP) is 3.16. The van der Waals surface area contributed by atoms with Gasteiger partial charge in [-0.25, -0.2) is 0 Å². The molecule has 1 spiro atoms. The van der Waals surface area contributed by atoms with Gasteiger partial charge in [-0.1, -0.05) is 12.5 Å². The van der Waals surface area contributed by atoms with E-state index >= 15 is 0 Å². The zero-order valence-electron chi connectivity index (χ0n) is 14.8. The molecule has 1 N–H and O–H groups in total. The molecule has 0 saturated heterocycles. The molecule has 0 radical (unpaired) electrons. The smallest absolute Gasteiger partial charge is 0.251 e. The third kappa shape index (κ3) is 2.37. The van der Waals surface area contributed by atoms with Crippen LogP contribution in [0.2, 0.25) is 0 Å². The molecule has 2 atom stereocenters. The third-order valence-corrected chi connectivity index (χ3v) is 5.98. The van der Waals surface area contributed by atoms with E-state index in [9.17, 15) is 15.2 Å². The Hall–Kier alpha value is -2.58. The lowest BCUT2D eigenvalue weighted by molar-refractivity contribution is -0.172. The fourth-order valence-corrected chi connectivity index (χ4v) is 4.60. The Morgan fingerprint density at radius 1 is 1.23 bits per heavy atom. The van der Waals surface area contributed by atoms with Gasteiger partial charge in [0.05, 0.1) is 17.7 Å². The summed E-state index contributed by atoms with van der Waals surface area (Å²) in [4.78, 5) is 12.6. The Bertz CT molecular complexity index is 933. The highest BCUT2D eigenvalue weighted by Gasteiger charge is 2.58. The number of rotatable bonds is 1. The maximum absolute atomic E-state index is 12.6. The minimum Gasteiger partial charge on any atom is -0.484 e. The molecule has 2 aliphatic rings. The third-order valence-electron chi connectivity index (χ3n) is 5.98. The van der Waals surface area contributed by atoms with Crippen LogP contribution < -0.4 is 10.3 Å². The van der Waals surface area contributed by atoms with Crippen molar-refractivity contribution in [2.75, 3.05) is 0 Å². The second-order valence-electron chi connectivity index (χ2n) is 7.52. The molecular formula is C21H22N2O3. The van der Waals surface area contributed by atoms with Crippen LogP contribution in [0.15, 0.2) is 47.4 Å². The van der Waals surface area contributed by atoms with Gasteiger partial charge in [-0.3, -0.25) is 4.79 Å². The SMILES string of the molecule is CC1(O)C(n2ccccc2=O)c2cc(C#N)ccc2OC12CCCCC2. The van der Waals surface area contributed by atoms with Gasteiger partial charge < -0.3 is 14.4 Å². The number of benzene rings is 1. The van der Waals surface area contributed by atoms with Crippen molar-refractivity contribution in [2.24, 2.45) is 0 Å². The molecule has 0 amide bonds. The summed E-state index contributed by atoms with van der Waals surface area (Å²) in [5.41, 5.74) is -1.03. The van der Waals surface area contributed by atoms with Crippen molar-refractivity contribution in [1.82, 2.24) is 4.57 Å². The quantitative estimate of drug-likeness (QED) is 0.857. The van der Waals surface area contributed by atoms with Crippen LogP contribution in [0.3, 0.4) is 0 Å². The van der Waals surface area contributed by atoms with Gasteiger partial charge in [0, 0.05) is 17.8 Å². The maximum Gasteiger partial charge on any atom is 0.251 e. The van der Waals surface area contributed by atoms with Crippen LogP contribution in [0.5, 0.6) is 5.75 Å². The molecule has 26 heavy (non-hydrogen) atoms. The van der Waals surface area contributed by atoms with E-state index in [1.807, 2.05) is 0 Å². The average molecular weight is 350 g/mol. The molecule has 5 nitrogen and oxygen atoms in total. The van der Waals surface area contributed by atoms with E-state index in [-0.39, 0.29) is 5.56 Å². The Balaban J connectivity index is 1.98. The van der Waals surface area contributed by atoms with Gasteiger partial charge in [0.2, 0.25) is 0 Å². The first-order chi connectivity index (χ1) is 12.5. The van der Waals surface area contributed by atoms with E-state index in [2.05, 4.69) is 6.07 Å². The average Bonchev–Trinajstić information content (AvgIpc) is 2.64. The lowest BCUT2D eigenvalue weighted by Crippen LogP contribution is -2.64. The van der Waals surface area contributed by atoms with Gasteiger partial charge in [-0.15, -0.1) is 0 Å². The maximum atomic E-state index is 12.6. The first-order valence-electron chi connectivity index (χ1n) is 9.11. The van der Waals surface area contributed by atoms with E-state index in [4.69, 9.17) is 4.74 Å². The van der Waals surface area contributed by atoms with Crippen molar-refractivity contribution in [3.63, 3.8) is 0 Å². The minimum atomic E-state index is -1.28. The van der Waals surface area contributed by atoms with Crippen LogP contribution in [0.4, 0.5) is 0 Å². The summed E-state index contributed by atoms with van der Waals surface area (Å²) in [5.74, 6) is 0.651. The minimum absolute atomic E-state index is 0.182. The lowest BCUT2D eigenvalue weighted by Gasteiger charge is -2.54. The molecule has 5 heteroatoms. The second-order valence-corrected chi connectivity index (χ2v) is 7.52. The highest BCUT2D eigenvalue weighted by Crippen LogP contribution is 2.53. The number of hydrogen-bond donors (Lipinski definition) is 1. The number of pyridine rings is 1. The van der Waals surface area contributed by atoms with Crippen molar-refractivity contribution in [2.45, 2.75) is 56.3 Å². The summed E-state index contributed by atoms with van der Waals surface area (Å²) >= 11 is 0. The number of fused-ring (bicyclic) bond motifs is 1. The molecule has 2 heterocycles. The topological polar surface area (TPSA) is 75.3 Å². The lowest BCUT2D eigenvalue weighted by atomic mass is 9.66. The molecule has 134 valence electrons. The molecule has 0 bridgehead atoms. The van der Waals surface area contributed by atoms with Gasteiger partial charge in [0.15, 0.2) is 0 Å². The summed E-state index contributed by atoms with van der Waals surface area (Å²) < 4.78 is 7.96.